The van der Waals surface area contributed by atoms with Crippen LogP contribution in [0.1, 0.15) is 36.7 Å². The highest BCUT2D eigenvalue weighted by Gasteiger charge is 2.24. The monoisotopic (exact) mass is 276 g/mol. The average Bonchev–Trinajstić information content (AvgIpc) is 3.05. The lowest BCUT2D eigenvalue weighted by Gasteiger charge is -2.12. The zero-order valence-corrected chi connectivity index (χ0v) is 11.6. The van der Waals surface area contributed by atoms with E-state index in [1.165, 1.54) is 12.8 Å². The predicted molar refractivity (Wildman–Crippen MR) is 77.6 cm³/mol. The van der Waals surface area contributed by atoms with E-state index in [9.17, 15) is 4.79 Å². The third-order valence-corrected chi connectivity index (χ3v) is 3.93. The molecule has 1 unspecified atom stereocenters. The number of halogens is 1. The first-order chi connectivity index (χ1) is 9.13. The molecule has 1 fully saturated rings. The van der Waals surface area contributed by atoms with E-state index < -0.39 is 0 Å². The number of rotatable bonds is 4. The van der Waals surface area contributed by atoms with Gasteiger partial charge in [0.05, 0.1) is 10.5 Å². The Morgan fingerprint density at radius 3 is 3.00 bits per heavy atom. The van der Waals surface area contributed by atoms with Crippen LogP contribution in [0.25, 0.3) is 10.9 Å². The molecule has 0 spiro atoms. The summed E-state index contributed by atoms with van der Waals surface area (Å²) in [5.74, 6) is 0.757. The fourth-order valence-corrected chi connectivity index (χ4v) is 2.68. The van der Waals surface area contributed by atoms with E-state index in [0.29, 0.717) is 10.7 Å². The molecule has 0 saturated heterocycles. The molecule has 1 aliphatic carbocycles. The molecule has 0 radical (unpaired) electrons. The number of aromatic nitrogens is 1. The Kier molecular flexibility index (Phi) is 3.23. The normalized spacial score (nSPS) is 16.5. The van der Waals surface area contributed by atoms with Crippen molar-refractivity contribution in [1.82, 2.24) is 10.3 Å². The molecule has 2 aromatic rings. The maximum absolute atomic E-state index is 12.2. The largest absolute Gasteiger partial charge is 0.349 e. The molecule has 100 valence electrons. The zero-order chi connectivity index (χ0) is 13.4. The van der Waals surface area contributed by atoms with Crippen LogP contribution in [0.4, 0.5) is 0 Å². The standard InChI is InChI=1S/C15H17ClN2O/c1-9(7-10-5-6-10)17-15(19)13-8-11-3-2-4-12(16)14(11)18-13/h2-4,8-10,18H,5-7H2,1H3,(H,17,19). The van der Waals surface area contributed by atoms with Gasteiger partial charge >= 0.3 is 0 Å². The molecule has 1 heterocycles. The van der Waals surface area contributed by atoms with Crippen molar-refractivity contribution in [3.05, 3.63) is 35.0 Å². The molecule has 2 N–H and O–H groups in total. The Balaban J connectivity index is 1.75. The van der Waals surface area contributed by atoms with Gasteiger partial charge in [-0.2, -0.15) is 0 Å². The number of carbonyl (C=O) groups excluding carboxylic acids is 1. The van der Waals surface area contributed by atoms with Crippen molar-refractivity contribution < 1.29 is 4.79 Å². The molecule has 1 aromatic carbocycles. The Labute approximate surface area is 117 Å². The van der Waals surface area contributed by atoms with E-state index in [4.69, 9.17) is 11.6 Å². The Morgan fingerprint density at radius 2 is 2.32 bits per heavy atom. The summed E-state index contributed by atoms with van der Waals surface area (Å²) in [5.41, 5.74) is 1.40. The SMILES string of the molecule is CC(CC1CC1)NC(=O)c1cc2cccc(Cl)c2[nH]1. The smallest absolute Gasteiger partial charge is 0.267 e. The summed E-state index contributed by atoms with van der Waals surface area (Å²) in [6, 6.07) is 7.72. The van der Waals surface area contributed by atoms with E-state index >= 15 is 0 Å². The summed E-state index contributed by atoms with van der Waals surface area (Å²) in [7, 11) is 0. The van der Waals surface area contributed by atoms with Crippen LogP contribution in [0, 0.1) is 5.92 Å². The van der Waals surface area contributed by atoms with Crippen molar-refractivity contribution in [2.24, 2.45) is 5.92 Å². The van der Waals surface area contributed by atoms with Gasteiger partial charge in [0, 0.05) is 11.4 Å². The number of hydrogen-bond acceptors (Lipinski definition) is 1. The summed E-state index contributed by atoms with van der Waals surface area (Å²) in [5, 5.41) is 4.64. The van der Waals surface area contributed by atoms with E-state index in [1.807, 2.05) is 24.3 Å². The highest BCUT2D eigenvalue weighted by Crippen LogP contribution is 2.33. The van der Waals surface area contributed by atoms with Crippen molar-refractivity contribution in [3.63, 3.8) is 0 Å². The third-order valence-electron chi connectivity index (χ3n) is 3.61. The quantitative estimate of drug-likeness (QED) is 0.878. The minimum atomic E-state index is -0.0552. The van der Waals surface area contributed by atoms with E-state index in [2.05, 4.69) is 17.2 Å². The van der Waals surface area contributed by atoms with Crippen molar-refractivity contribution in [2.45, 2.75) is 32.2 Å². The van der Waals surface area contributed by atoms with Gasteiger partial charge in [0.1, 0.15) is 5.69 Å². The van der Waals surface area contributed by atoms with Crippen LogP contribution in [0.2, 0.25) is 5.02 Å². The second kappa shape index (κ2) is 4.89. The lowest BCUT2D eigenvalue weighted by molar-refractivity contribution is 0.0933. The minimum absolute atomic E-state index is 0.0552. The first-order valence-corrected chi connectivity index (χ1v) is 7.09. The average molecular weight is 277 g/mol. The number of hydrogen-bond donors (Lipinski definition) is 2. The maximum atomic E-state index is 12.2. The number of H-pyrrole nitrogens is 1. The van der Waals surface area contributed by atoms with Crippen LogP contribution < -0.4 is 5.32 Å². The van der Waals surface area contributed by atoms with Crippen molar-refractivity contribution in [1.29, 1.82) is 0 Å². The summed E-state index contributed by atoms with van der Waals surface area (Å²) in [6.45, 7) is 2.06. The molecule has 1 amide bonds. The molecule has 1 atom stereocenters. The Hall–Kier alpha value is -1.48. The summed E-state index contributed by atoms with van der Waals surface area (Å²) in [4.78, 5) is 15.2. The van der Waals surface area contributed by atoms with Gasteiger partial charge in [-0.15, -0.1) is 0 Å². The first kappa shape index (κ1) is 12.5. The molecule has 3 rings (SSSR count). The third kappa shape index (κ3) is 2.76. The van der Waals surface area contributed by atoms with Gasteiger partial charge in [-0.3, -0.25) is 4.79 Å². The van der Waals surface area contributed by atoms with Gasteiger partial charge in [0.25, 0.3) is 5.91 Å². The second-order valence-corrected chi connectivity index (χ2v) is 5.85. The van der Waals surface area contributed by atoms with Gasteiger partial charge in [0.15, 0.2) is 0 Å². The predicted octanol–water partition coefficient (Wildman–Crippen LogP) is 3.74. The molecule has 0 aliphatic heterocycles. The molecule has 1 aliphatic rings. The summed E-state index contributed by atoms with van der Waals surface area (Å²) in [6.07, 6.45) is 3.69. The molecule has 1 aromatic heterocycles. The van der Waals surface area contributed by atoms with Crippen LogP contribution in [0.5, 0.6) is 0 Å². The van der Waals surface area contributed by atoms with Crippen LogP contribution in [-0.4, -0.2) is 16.9 Å². The number of nitrogens with one attached hydrogen (secondary N) is 2. The van der Waals surface area contributed by atoms with Crippen LogP contribution in [0.15, 0.2) is 24.3 Å². The molecular weight excluding hydrogens is 260 g/mol. The number of para-hydroxylation sites is 1. The highest BCUT2D eigenvalue weighted by molar-refractivity contribution is 6.35. The number of benzene rings is 1. The van der Waals surface area contributed by atoms with Gasteiger partial charge in [-0.25, -0.2) is 0 Å². The number of fused-ring (bicyclic) bond motifs is 1. The molecule has 1 saturated carbocycles. The van der Waals surface area contributed by atoms with Crippen molar-refractivity contribution in [2.75, 3.05) is 0 Å². The Morgan fingerprint density at radius 1 is 1.53 bits per heavy atom. The maximum Gasteiger partial charge on any atom is 0.267 e. The number of aromatic amines is 1. The molecule has 19 heavy (non-hydrogen) atoms. The van der Waals surface area contributed by atoms with Crippen molar-refractivity contribution in [3.8, 4) is 0 Å². The van der Waals surface area contributed by atoms with Crippen LogP contribution in [0.3, 0.4) is 0 Å². The zero-order valence-electron chi connectivity index (χ0n) is 10.9. The summed E-state index contributed by atoms with van der Waals surface area (Å²) >= 11 is 6.09. The van der Waals surface area contributed by atoms with Crippen molar-refractivity contribution >= 4 is 28.4 Å². The van der Waals surface area contributed by atoms with Gasteiger partial charge in [-0.05, 0) is 31.4 Å². The fraction of sp³-hybridized carbons (Fsp3) is 0.400. The van der Waals surface area contributed by atoms with Crippen LogP contribution in [-0.2, 0) is 0 Å². The van der Waals surface area contributed by atoms with E-state index in [0.717, 1.165) is 23.2 Å². The van der Waals surface area contributed by atoms with Gasteiger partial charge < -0.3 is 10.3 Å². The van der Waals surface area contributed by atoms with E-state index in [1.54, 1.807) is 0 Å². The number of carbonyl (C=O) groups is 1. The molecule has 0 bridgehead atoms. The second-order valence-electron chi connectivity index (χ2n) is 5.44. The topological polar surface area (TPSA) is 44.9 Å². The first-order valence-electron chi connectivity index (χ1n) is 6.71. The Bertz CT molecular complexity index is 616. The van der Waals surface area contributed by atoms with Gasteiger partial charge in [0.2, 0.25) is 0 Å². The fourth-order valence-electron chi connectivity index (χ4n) is 2.46. The number of amides is 1. The molecular formula is C15H17ClN2O. The van der Waals surface area contributed by atoms with Gasteiger partial charge in [-0.1, -0.05) is 36.6 Å². The summed E-state index contributed by atoms with van der Waals surface area (Å²) < 4.78 is 0. The minimum Gasteiger partial charge on any atom is -0.349 e. The lowest BCUT2D eigenvalue weighted by atomic mass is 10.1. The molecule has 4 heteroatoms. The highest BCUT2D eigenvalue weighted by atomic mass is 35.5. The molecule has 3 nitrogen and oxygen atoms in total. The lowest BCUT2D eigenvalue weighted by Crippen LogP contribution is -2.33. The van der Waals surface area contributed by atoms with Crippen LogP contribution >= 0.6 is 11.6 Å². The van der Waals surface area contributed by atoms with E-state index in [-0.39, 0.29) is 11.9 Å².